The Morgan fingerprint density at radius 1 is 1.15 bits per heavy atom. The fourth-order valence-electron chi connectivity index (χ4n) is 3.03. The summed E-state index contributed by atoms with van der Waals surface area (Å²) in [6, 6.07) is 12.2. The van der Waals surface area contributed by atoms with Gasteiger partial charge < -0.3 is 15.2 Å². The van der Waals surface area contributed by atoms with Crippen molar-refractivity contribution in [3.05, 3.63) is 58.5 Å². The van der Waals surface area contributed by atoms with Crippen LogP contribution in [0.2, 0.25) is 0 Å². The third-order valence-corrected chi connectivity index (χ3v) is 4.41. The molecule has 0 spiro atoms. The third kappa shape index (κ3) is 2.97. The molecule has 0 bridgehead atoms. The van der Waals surface area contributed by atoms with Crippen LogP contribution in [0.4, 0.5) is 0 Å². The molecule has 1 heterocycles. The minimum atomic E-state index is -0.716. The van der Waals surface area contributed by atoms with E-state index >= 15 is 0 Å². The summed E-state index contributed by atoms with van der Waals surface area (Å²) in [6.45, 7) is 0. The second kappa shape index (κ2) is 7.05. The highest BCUT2D eigenvalue weighted by molar-refractivity contribution is 5.84. The first-order valence-corrected chi connectivity index (χ1v) is 8.15. The summed E-state index contributed by atoms with van der Waals surface area (Å²) in [5.41, 5.74) is 8.72. The van der Waals surface area contributed by atoms with E-state index in [1.807, 2.05) is 42.5 Å². The van der Waals surface area contributed by atoms with Crippen molar-refractivity contribution in [2.24, 2.45) is 12.8 Å². The minimum absolute atomic E-state index is 0.163. The predicted octanol–water partition coefficient (Wildman–Crippen LogP) is 1.38. The van der Waals surface area contributed by atoms with Gasteiger partial charge in [0.15, 0.2) is 0 Å². The zero-order chi connectivity index (χ0) is 18.8. The first-order chi connectivity index (χ1) is 12.5. The number of aryl methyl sites for hydroxylation is 1. The van der Waals surface area contributed by atoms with Crippen molar-refractivity contribution in [3.8, 4) is 11.4 Å². The number of nitrogens with zero attached hydrogens (tertiary/aromatic N) is 2. The molecule has 0 aliphatic rings. The van der Waals surface area contributed by atoms with E-state index in [9.17, 15) is 9.59 Å². The number of hydrogen-bond acceptors (Lipinski definition) is 5. The number of benzene rings is 2. The van der Waals surface area contributed by atoms with Crippen molar-refractivity contribution in [2.75, 3.05) is 14.2 Å². The van der Waals surface area contributed by atoms with Crippen LogP contribution in [0.1, 0.15) is 5.56 Å². The summed E-state index contributed by atoms with van der Waals surface area (Å²) >= 11 is 0. The lowest BCUT2D eigenvalue weighted by Gasteiger charge is -2.11. The maximum atomic E-state index is 12.7. The van der Waals surface area contributed by atoms with Gasteiger partial charge in [0.05, 0.1) is 25.4 Å². The Morgan fingerprint density at radius 3 is 2.46 bits per heavy atom. The van der Waals surface area contributed by atoms with Crippen LogP contribution in [0.3, 0.4) is 0 Å². The van der Waals surface area contributed by atoms with Gasteiger partial charge in [0.25, 0.3) is 0 Å². The minimum Gasteiger partial charge on any atom is -0.494 e. The summed E-state index contributed by atoms with van der Waals surface area (Å²) < 4.78 is 13.3. The van der Waals surface area contributed by atoms with Crippen molar-refractivity contribution >= 4 is 17.0 Å². The number of fused-ring (bicyclic) bond motifs is 1. The number of ether oxygens (including phenoxy) is 2. The molecular weight excluding hydrogens is 334 g/mol. The first-order valence-electron chi connectivity index (χ1n) is 8.15. The van der Waals surface area contributed by atoms with Crippen LogP contribution in [0.15, 0.2) is 47.3 Å². The highest BCUT2D eigenvalue weighted by Gasteiger charge is 2.17. The van der Waals surface area contributed by atoms with Crippen LogP contribution in [0.5, 0.6) is 5.75 Å². The second-order valence-corrected chi connectivity index (χ2v) is 6.01. The molecule has 0 saturated carbocycles. The van der Waals surface area contributed by atoms with Crippen molar-refractivity contribution in [2.45, 2.75) is 12.5 Å². The van der Waals surface area contributed by atoms with Gasteiger partial charge in [-0.15, -0.1) is 0 Å². The molecule has 3 aromatic rings. The van der Waals surface area contributed by atoms with Crippen molar-refractivity contribution < 1.29 is 14.3 Å². The van der Waals surface area contributed by atoms with Crippen LogP contribution >= 0.6 is 0 Å². The van der Waals surface area contributed by atoms with E-state index in [2.05, 4.69) is 4.74 Å². The van der Waals surface area contributed by atoms with Gasteiger partial charge in [-0.2, -0.15) is 0 Å². The van der Waals surface area contributed by atoms with Gasteiger partial charge in [-0.3, -0.25) is 13.9 Å². The normalized spacial score (nSPS) is 12.2. The monoisotopic (exact) mass is 355 g/mol. The average molecular weight is 355 g/mol. The first kappa shape index (κ1) is 17.8. The van der Waals surface area contributed by atoms with E-state index in [-0.39, 0.29) is 5.69 Å². The Bertz CT molecular complexity index is 1000. The lowest BCUT2D eigenvalue weighted by molar-refractivity contribution is -0.142. The molecule has 136 valence electrons. The highest BCUT2D eigenvalue weighted by atomic mass is 16.5. The Balaban J connectivity index is 2.04. The number of imidazole rings is 1. The van der Waals surface area contributed by atoms with Gasteiger partial charge in [0.1, 0.15) is 17.3 Å². The number of esters is 1. The summed E-state index contributed by atoms with van der Waals surface area (Å²) in [7, 11) is 4.61. The van der Waals surface area contributed by atoms with E-state index in [4.69, 9.17) is 10.5 Å². The molecule has 0 fully saturated rings. The van der Waals surface area contributed by atoms with E-state index in [1.54, 1.807) is 23.3 Å². The SMILES string of the molecule is COC(=O)C(N)Cc1ccc(-n2c(=O)n(C)c3cccc(OC)c32)cc1. The van der Waals surface area contributed by atoms with Crippen molar-refractivity contribution in [3.63, 3.8) is 0 Å². The maximum Gasteiger partial charge on any atom is 0.333 e. The summed E-state index contributed by atoms with van der Waals surface area (Å²) in [5.74, 6) is 0.168. The molecule has 2 aromatic carbocycles. The summed E-state index contributed by atoms with van der Waals surface area (Å²) in [6.07, 6.45) is 0.362. The molecule has 1 unspecified atom stereocenters. The Kier molecular flexibility index (Phi) is 4.81. The van der Waals surface area contributed by atoms with Crippen molar-refractivity contribution in [1.82, 2.24) is 9.13 Å². The van der Waals surface area contributed by atoms with Crippen LogP contribution in [0, 0.1) is 0 Å². The van der Waals surface area contributed by atoms with E-state index in [0.717, 1.165) is 11.1 Å². The fourth-order valence-corrected chi connectivity index (χ4v) is 3.03. The zero-order valence-electron chi connectivity index (χ0n) is 14.9. The molecule has 26 heavy (non-hydrogen) atoms. The van der Waals surface area contributed by atoms with Crippen LogP contribution in [-0.4, -0.2) is 35.4 Å². The van der Waals surface area contributed by atoms with Gasteiger partial charge in [0, 0.05) is 7.05 Å². The molecule has 0 aliphatic carbocycles. The highest BCUT2D eigenvalue weighted by Crippen LogP contribution is 2.26. The molecule has 0 saturated heterocycles. The number of nitrogens with two attached hydrogens (primary N) is 1. The van der Waals surface area contributed by atoms with Crippen LogP contribution in [-0.2, 0) is 23.0 Å². The maximum absolute atomic E-state index is 12.7. The van der Waals surface area contributed by atoms with Crippen LogP contribution < -0.4 is 16.2 Å². The standard InChI is InChI=1S/C19H21N3O4/c1-21-15-5-4-6-16(25-2)17(15)22(19(21)24)13-9-7-12(8-10-13)11-14(20)18(23)26-3/h4-10,14H,11,20H2,1-3H3. The van der Waals surface area contributed by atoms with E-state index in [1.165, 1.54) is 7.11 Å². The number of carbonyl (C=O) groups is 1. The molecule has 0 radical (unpaired) electrons. The smallest absolute Gasteiger partial charge is 0.333 e. The zero-order valence-corrected chi connectivity index (χ0v) is 14.9. The lowest BCUT2D eigenvalue weighted by atomic mass is 10.1. The van der Waals surface area contributed by atoms with Crippen LogP contribution in [0.25, 0.3) is 16.7 Å². The van der Waals surface area contributed by atoms with Gasteiger partial charge >= 0.3 is 11.7 Å². The molecule has 7 nitrogen and oxygen atoms in total. The number of para-hydroxylation sites is 1. The molecular formula is C19H21N3O4. The molecule has 1 atom stereocenters. The molecule has 3 rings (SSSR count). The Morgan fingerprint density at radius 2 is 1.85 bits per heavy atom. The molecule has 2 N–H and O–H groups in total. The van der Waals surface area contributed by atoms with E-state index < -0.39 is 12.0 Å². The van der Waals surface area contributed by atoms with Gasteiger partial charge in [0.2, 0.25) is 0 Å². The van der Waals surface area contributed by atoms with Gasteiger partial charge in [-0.1, -0.05) is 18.2 Å². The van der Waals surface area contributed by atoms with Gasteiger partial charge in [-0.05, 0) is 36.2 Å². The summed E-state index contributed by atoms with van der Waals surface area (Å²) in [4.78, 5) is 24.2. The third-order valence-electron chi connectivity index (χ3n) is 4.41. The number of aromatic nitrogens is 2. The lowest BCUT2D eigenvalue weighted by Crippen LogP contribution is -2.33. The molecule has 1 aromatic heterocycles. The Labute approximate surface area is 150 Å². The van der Waals surface area contributed by atoms with Gasteiger partial charge in [-0.25, -0.2) is 4.79 Å². The number of hydrogen-bond donors (Lipinski definition) is 1. The number of methoxy groups -OCH3 is 2. The van der Waals surface area contributed by atoms with Crippen molar-refractivity contribution in [1.29, 1.82) is 0 Å². The fraction of sp³-hybridized carbons (Fsp3) is 0.263. The summed E-state index contributed by atoms with van der Waals surface area (Å²) in [5, 5.41) is 0. The largest absolute Gasteiger partial charge is 0.494 e. The predicted molar refractivity (Wildman–Crippen MR) is 98.8 cm³/mol. The Hall–Kier alpha value is -3.06. The topological polar surface area (TPSA) is 88.5 Å². The molecule has 0 amide bonds. The average Bonchev–Trinajstić information content (AvgIpc) is 2.92. The molecule has 7 heteroatoms. The number of rotatable bonds is 5. The number of carbonyl (C=O) groups excluding carboxylic acids is 1. The van der Waals surface area contributed by atoms with E-state index in [0.29, 0.717) is 23.4 Å². The quantitative estimate of drug-likeness (QED) is 0.699. The second-order valence-electron chi connectivity index (χ2n) is 6.01. The molecule has 0 aliphatic heterocycles.